The van der Waals surface area contributed by atoms with Crippen LogP contribution < -0.4 is 16.2 Å². The molecule has 31 heavy (non-hydrogen) atoms. The maximum absolute atomic E-state index is 10.0. The molecule has 158 valence electrons. The third kappa shape index (κ3) is 5.46. The molecule has 0 bridgehead atoms. The summed E-state index contributed by atoms with van der Waals surface area (Å²) in [7, 11) is 0. The van der Waals surface area contributed by atoms with E-state index in [-0.39, 0.29) is 5.92 Å². The van der Waals surface area contributed by atoms with Crippen molar-refractivity contribution in [3.63, 3.8) is 0 Å². The maximum Gasteiger partial charge on any atom is 0.0884 e. The predicted octanol–water partition coefficient (Wildman–Crippen LogP) is 5.50. The molecule has 3 aromatic carbocycles. The third-order valence-corrected chi connectivity index (χ3v) is 6.05. The topological polar surface area (TPSA) is 58.6 Å². The SMILES string of the molecule is C=c1cc(Cl)cc/c1=C(/C=C\N)C(\CC(c1ccc(Br)cc1)c1ccccc1C)=N\O. The lowest BCUT2D eigenvalue weighted by molar-refractivity contribution is 0.318. The van der Waals surface area contributed by atoms with Crippen LogP contribution in [0.3, 0.4) is 0 Å². The molecule has 0 saturated heterocycles. The van der Waals surface area contributed by atoms with Gasteiger partial charge in [-0.15, -0.1) is 0 Å². The number of benzene rings is 3. The van der Waals surface area contributed by atoms with Crippen molar-refractivity contribution in [1.29, 1.82) is 0 Å². The number of rotatable bonds is 6. The summed E-state index contributed by atoms with van der Waals surface area (Å²) >= 11 is 9.62. The quantitative estimate of drug-likeness (QED) is 0.270. The molecule has 0 saturated carbocycles. The Balaban J connectivity index is 2.17. The molecular weight excluding hydrogens is 472 g/mol. The van der Waals surface area contributed by atoms with Crippen LogP contribution in [-0.2, 0) is 0 Å². The van der Waals surface area contributed by atoms with E-state index in [2.05, 4.69) is 58.9 Å². The van der Waals surface area contributed by atoms with E-state index >= 15 is 0 Å². The molecule has 0 spiro atoms. The lowest BCUT2D eigenvalue weighted by atomic mass is 9.83. The monoisotopic (exact) mass is 494 g/mol. The molecule has 0 aromatic heterocycles. The summed E-state index contributed by atoms with van der Waals surface area (Å²) in [5, 5.41) is 15.9. The fourth-order valence-corrected chi connectivity index (χ4v) is 4.20. The number of allylic oxidation sites excluding steroid dienone is 1. The Hall–Kier alpha value is -2.82. The minimum absolute atomic E-state index is 0.0121. The van der Waals surface area contributed by atoms with Crippen molar-refractivity contribution in [1.82, 2.24) is 0 Å². The average molecular weight is 496 g/mol. The smallest absolute Gasteiger partial charge is 0.0884 e. The van der Waals surface area contributed by atoms with E-state index < -0.39 is 0 Å². The Bertz CT molecular complexity index is 1230. The zero-order valence-electron chi connectivity index (χ0n) is 17.2. The standard InChI is InChI=1S/C26H24BrClN2O/c1-17-5-3-4-6-22(17)25(19-7-9-20(27)10-8-19)16-26(30-31)24(13-14-29)23-12-11-21(28)15-18(23)2/h3-15,25,31H,2,16,29H2,1H3/b14-13-,24-23+,30-26+. The van der Waals surface area contributed by atoms with E-state index in [1.54, 1.807) is 18.2 Å². The summed E-state index contributed by atoms with van der Waals surface area (Å²) < 4.78 is 1.01. The highest BCUT2D eigenvalue weighted by molar-refractivity contribution is 9.10. The largest absolute Gasteiger partial charge is 0.411 e. The van der Waals surface area contributed by atoms with Crippen molar-refractivity contribution < 1.29 is 5.21 Å². The summed E-state index contributed by atoms with van der Waals surface area (Å²) in [5.74, 6) is -0.0121. The van der Waals surface area contributed by atoms with Gasteiger partial charge in [0.15, 0.2) is 0 Å². The molecule has 0 aliphatic rings. The minimum Gasteiger partial charge on any atom is -0.411 e. The van der Waals surface area contributed by atoms with Crippen LogP contribution in [-0.4, -0.2) is 10.9 Å². The fourth-order valence-electron chi connectivity index (χ4n) is 3.74. The van der Waals surface area contributed by atoms with E-state index in [9.17, 15) is 5.21 Å². The molecule has 3 rings (SSSR count). The number of aryl methyl sites for hydroxylation is 1. The fraction of sp³-hybridized carbons (Fsp3) is 0.115. The average Bonchev–Trinajstić information content (AvgIpc) is 2.75. The van der Waals surface area contributed by atoms with E-state index in [1.165, 1.54) is 17.3 Å². The van der Waals surface area contributed by atoms with Crippen LogP contribution >= 0.6 is 27.5 Å². The molecule has 5 heteroatoms. The van der Waals surface area contributed by atoms with Gasteiger partial charge in [0.25, 0.3) is 0 Å². The van der Waals surface area contributed by atoms with Crippen LogP contribution in [0.5, 0.6) is 0 Å². The van der Waals surface area contributed by atoms with E-state index in [1.807, 2.05) is 30.3 Å². The second-order valence-electron chi connectivity index (χ2n) is 7.29. The zero-order valence-corrected chi connectivity index (χ0v) is 19.6. The van der Waals surface area contributed by atoms with Crippen molar-refractivity contribution in [2.75, 3.05) is 0 Å². The van der Waals surface area contributed by atoms with Gasteiger partial charge in [0.2, 0.25) is 0 Å². The third-order valence-electron chi connectivity index (χ3n) is 5.29. The molecule has 0 heterocycles. The van der Waals surface area contributed by atoms with Crippen LogP contribution in [0.1, 0.15) is 29.0 Å². The summed E-state index contributed by atoms with van der Waals surface area (Å²) in [6, 6.07) is 21.9. The van der Waals surface area contributed by atoms with Crippen molar-refractivity contribution in [2.45, 2.75) is 19.3 Å². The first kappa shape index (κ1) is 22.9. The van der Waals surface area contributed by atoms with Gasteiger partial charge >= 0.3 is 0 Å². The Morgan fingerprint density at radius 1 is 1.16 bits per heavy atom. The van der Waals surface area contributed by atoms with E-state index in [0.29, 0.717) is 22.7 Å². The van der Waals surface area contributed by atoms with Gasteiger partial charge in [-0.3, -0.25) is 0 Å². The Kier molecular flexibility index (Phi) is 7.72. The van der Waals surface area contributed by atoms with Crippen molar-refractivity contribution in [2.24, 2.45) is 10.9 Å². The first-order chi connectivity index (χ1) is 14.9. The first-order valence-electron chi connectivity index (χ1n) is 9.84. The van der Waals surface area contributed by atoms with E-state index in [0.717, 1.165) is 20.5 Å². The highest BCUT2D eigenvalue weighted by Crippen LogP contribution is 2.32. The van der Waals surface area contributed by atoms with Gasteiger partial charge in [-0.25, -0.2) is 0 Å². The Morgan fingerprint density at radius 2 is 1.87 bits per heavy atom. The molecule has 0 fully saturated rings. The number of oxime groups is 1. The van der Waals surface area contributed by atoms with Gasteiger partial charge in [-0.1, -0.05) is 81.7 Å². The number of hydrogen-bond donors (Lipinski definition) is 2. The molecule has 0 aliphatic carbocycles. The normalized spacial score (nSPS) is 14.0. The molecular formula is C26H24BrClN2O. The molecule has 1 unspecified atom stereocenters. The molecule has 0 aliphatic heterocycles. The lowest BCUT2D eigenvalue weighted by Gasteiger charge is -2.21. The molecule has 3 nitrogen and oxygen atoms in total. The van der Waals surface area contributed by atoms with Crippen LogP contribution in [0.25, 0.3) is 12.2 Å². The molecule has 0 amide bonds. The van der Waals surface area contributed by atoms with Gasteiger partial charge in [-0.05, 0) is 70.6 Å². The maximum atomic E-state index is 10.0. The highest BCUT2D eigenvalue weighted by Gasteiger charge is 2.21. The number of halogens is 2. The lowest BCUT2D eigenvalue weighted by Crippen LogP contribution is -2.28. The van der Waals surface area contributed by atoms with Crippen LogP contribution in [0, 0.1) is 6.92 Å². The predicted molar refractivity (Wildman–Crippen MR) is 134 cm³/mol. The first-order valence-corrected chi connectivity index (χ1v) is 11.0. The van der Waals surface area contributed by atoms with Gasteiger partial charge < -0.3 is 10.9 Å². The molecule has 0 radical (unpaired) electrons. The van der Waals surface area contributed by atoms with Crippen LogP contribution in [0.4, 0.5) is 0 Å². The Morgan fingerprint density at radius 3 is 2.48 bits per heavy atom. The van der Waals surface area contributed by atoms with Crippen LogP contribution in [0.15, 0.2) is 88.6 Å². The molecule has 3 aromatic rings. The van der Waals surface area contributed by atoms with Gasteiger partial charge in [-0.2, -0.15) is 0 Å². The number of hydrogen-bond acceptors (Lipinski definition) is 3. The van der Waals surface area contributed by atoms with Gasteiger partial charge in [0.1, 0.15) is 0 Å². The summed E-state index contributed by atoms with van der Waals surface area (Å²) in [4.78, 5) is 0. The van der Waals surface area contributed by atoms with Crippen molar-refractivity contribution in [3.8, 4) is 0 Å². The van der Waals surface area contributed by atoms with Crippen molar-refractivity contribution >= 4 is 45.4 Å². The molecule has 1 atom stereocenters. The summed E-state index contributed by atoms with van der Waals surface area (Å²) in [6.45, 7) is 6.19. The number of nitrogens with zero attached hydrogens (tertiary/aromatic N) is 1. The van der Waals surface area contributed by atoms with Gasteiger partial charge in [0, 0.05) is 27.4 Å². The van der Waals surface area contributed by atoms with Crippen LogP contribution in [0.2, 0.25) is 5.02 Å². The zero-order chi connectivity index (χ0) is 22.4. The summed E-state index contributed by atoms with van der Waals surface area (Å²) in [6.07, 6.45) is 3.66. The Labute approximate surface area is 196 Å². The van der Waals surface area contributed by atoms with Crippen molar-refractivity contribution in [3.05, 3.63) is 116 Å². The summed E-state index contributed by atoms with van der Waals surface area (Å²) in [5.41, 5.74) is 10.4. The minimum atomic E-state index is -0.0121. The van der Waals surface area contributed by atoms with Gasteiger partial charge in [0.05, 0.1) is 5.71 Å². The number of nitrogens with two attached hydrogens (primary N) is 1. The second-order valence-corrected chi connectivity index (χ2v) is 8.64. The molecule has 3 N–H and O–H groups in total. The van der Waals surface area contributed by atoms with E-state index in [4.69, 9.17) is 17.3 Å². The highest BCUT2D eigenvalue weighted by atomic mass is 79.9. The second kappa shape index (κ2) is 10.5.